The van der Waals surface area contributed by atoms with E-state index in [1.807, 2.05) is 30.3 Å². The zero-order chi connectivity index (χ0) is 14.8. The quantitative estimate of drug-likeness (QED) is 0.912. The molecule has 0 aromatic heterocycles. The number of rotatable bonds is 3. The second kappa shape index (κ2) is 5.76. The Balaban J connectivity index is 1.89. The van der Waals surface area contributed by atoms with E-state index >= 15 is 0 Å². The lowest BCUT2D eigenvalue weighted by atomic mass is 10.0. The zero-order valence-electron chi connectivity index (χ0n) is 11.4. The standard InChI is InChI=1S/C16H15ClN2O2/c17-13-2-1-3-15(12(13)9-18)21-11-5-6-14-10(8-11)4-7-16(20)19-14/h1-3,5-6,8H,4,7,9,18H2,(H,19,20). The van der Waals surface area contributed by atoms with E-state index < -0.39 is 0 Å². The third-order valence-electron chi connectivity index (χ3n) is 3.48. The van der Waals surface area contributed by atoms with Gasteiger partial charge in [-0.25, -0.2) is 0 Å². The lowest BCUT2D eigenvalue weighted by molar-refractivity contribution is -0.116. The maximum absolute atomic E-state index is 11.4. The second-order valence-electron chi connectivity index (χ2n) is 4.89. The molecule has 0 saturated heterocycles. The summed E-state index contributed by atoms with van der Waals surface area (Å²) in [5.41, 5.74) is 8.43. The van der Waals surface area contributed by atoms with Crippen LogP contribution in [0, 0.1) is 0 Å². The first-order valence-corrected chi connectivity index (χ1v) is 7.13. The van der Waals surface area contributed by atoms with Gasteiger partial charge in [-0.15, -0.1) is 0 Å². The van der Waals surface area contributed by atoms with Gasteiger partial charge in [-0.1, -0.05) is 17.7 Å². The third kappa shape index (κ3) is 2.86. The highest BCUT2D eigenvalue weighted by atomic mass is 35.5. The van der Waals surface area contributed by atoms with Crippen LogP contribution in [0.2, 0.25) is 5.02 Å². The minimum atomic E-state index is 0.0522. The maximum Gasteiger partial charge on any atom is 0.224 e. The summed E-state index contributed by atoms with van der Waals surface area (Å²) in [5.74, 6) is 1.42. The van der Waals surface area contributed by atoms with Crippen LogP contribution in [0.5, 0.6) is 11.5 Å². The molecule has 4 nitrogen and oxygen atoms in total. The monoisotopic (exact) mass is 302 g/mol. The fraction of sp³-hybridized carbons (Fsp3) is 0.188. The zero-order valence-corrected chi connectivity index (χ0v) is 12.1. The van der Waals surface area contributed by atoms with E-state index in [0.717, 1.165) is 23.2 Å². The van der Waals surface area contributed by atoms with Crippen molar-refractivity contribution in [2.24, 2.45) is 5.73 Å². The van der Waals surface area contributed by atoms with Gasteiger partial charge in [-0.2, -0.15) is 0 Å². The van der Waals surface area contributed by atoms with E-state index in [2.05, 4.69) is 5.32 Å². The van der Waals surface area contributed by atoms with Gasteiger partial charge in [0.25, 0.3) is 0 Å². The van der Waals surface area contributed by atoms with Crippen LogP contribution in [0.4, 0.5) is 5.69 Å². The number of carbonyl (C=O) groups excluding carboxylic acids is 1. The summed E-state index contributed by atoms with van der Waals surface area (Å²) in [6, 6.07) is 11.1. The Kier molecular flexibility index (Phi) is 3.82. The normalized spacial score (nSPS) is 13.5. The van der Waals surface area contributed by atoms with Gasteiger partial charge in [-0.3, -0.25) is 4.79 Å². The second-order valence-corrected chi connectivity index (χ2v) is 5.30. The molecule has 1 amide bonds. The van der Waals surface area contributed by atoms with E-state index in [1.54, 1.807) is 6.07 Å². The largest absolute Gasteiger partial charge is 0.457 e. The predicted octanol–water partition coefficient (Wildman–Crippen LogP) is 3.48. The average molecular weight is 303 g/mol. The van der Waals surface area contributed by atoms with E-state index in [-0.39, 0.29) is 5.91 Å². The summed E-state index contributed by atoms with van der Waals surface area (Å²) in [5, 5.41) is 3.44. The lowest BCUT2D eigenvalue weighted by Gasteiger charge is -2.18. The molecule has 1 aliphatic rings. The minimum Gasteiger partial charge on any atom is -0.457 e. The molecule has 0 radical (unpaired) electrons. The molecule has 0 fully saturated rings. The SMILES string of the molecule is NCc1c(Cl)cccc1Oc1ccc2c(c1)CCC(=O)N2. The minimum absolute atomic E-state index is 0.0522. The van der Waals surface area contributed by atoms with E-state index in [4.69, 9.17) is 22.1 Å². The van der Waals surface area contributed by atoms with Crippen molar-refractivity contribution in [2.75, 3.05) is 5.32 Å². The molecule has 2 aromatic carbocycles. The highest BCUT2D eigenvalue weighted by molar-refractivity contribution is 6.31. The van der Waals surface area contributed by atoms with Crippen molar-refractivity contribution in [1.29, 1.82) is 0 Å². The summed E-state index contributed by atoms with van der Waals surface area (Å²) in [7, 11) is 0. The molecule has 2 aromatic rings. The molecule has 0 atom stereocenters. The van der Waals surface area contributed by atoms with Crippen LogP contribution in [-0.4, -0.2) is 5.91 Å². The third-order valence-corrected chi connectivity index (χ3v) is 3.83. The fourth-order valence-electron chi connectivity index (χ4n) is 2.38. The summed E-state index contributed by atoms with van der Waals surface area (Å²) in [6.07, 6.45) is 1.22. The number of aryl methyl sites for hydroxylation is 1. The summed E-state index contributed by atoms with van der Waals surface area (Å²) < 4.78 is 5.90. The van der Waals surface area contributed by atoms with Crippen molar-refractivity contribution in [3.63, 3.8) is 0 Å². The first-order valence-electron chi connectivity index (χ1n) is 6.75. The van der Waals surface area contributed by atoms with Crippen molar-refractivity contribution in [1.82, 2.24) is 0 Å². The smallest absolute Gasteiger partial charge is 0.224 e. The van der Waals surface area contributed by atoms with Crippen LogP contribution in [0.3, 0.4) is 0 Å². The highest BCUT2D eigenvalue weighted by Gasteiger charge is 2.15. The van der Waals surface area contributed by atoms with Gasteiger partial charge in [0.05, 0.1) is 0 Å². The van der Waals surface area contributed by atoms with Crippen LogP contribution < -0.4 is 15.8 Å². The Morgan fingerprint density at radius 1 is 1.24 bits per heavy atom. The molecule has 0 bridgehead atoms. The summed E-state index contributed by atoms with van der Waals surface area (Å²) >= 11 is 6.12. The molecule has 1 heterocycles. The number of anilines is 1. The van der Waals surface area contributed by atoms with Crippen molar-refractivity contribution in [3.8, 4) is 11.5 Å². The van der Waals surface area contributed by atoms with Gasteiger partial charge >= 0.3 is 0 Å². The molecule has 0 unspecified atom stereocenters. The summed E-state index contributed by atoms with van der Waals surface area (Å²) in [6.45, 7) is 0.315. The molecule has 0 aliphatic carbocycles. The average Bonchev–Trinajstić information content (AvgIpc) is 2.48. The topological polar surface area (TPSA) is 64.3 Å². The number of fused-ring (bicyclic) bond motifs is 1. The fourth-order valence-corrected chi connectivity index (χ4v) is 2.63. The predicted molar refractivity (Wildman–Crippen MR) is 82.8 cm³/mol. The van der Waals surface area contributed by atoms with Gasteiger partial charge in [0.15, 0.2) is 0 Å². The van der Waals surface area contributed by atoms with Crippen LogP contribution in [0.1, 0.15) is 17.5 Å². The lowest BCUT2D eigenvalue weighted by Crippen LogP contribution is -2.18. The molecule has 1 aliphatic heterocycles. The Labute approximate surface area is 127 Å². The molecule has 0 spiro atoms. The van der Waals surface area contributed by atoms with E-state index in [1.165, 1.54) is 0 Å². The number of hydrogen-bond donors (Lipinski definition) is 2. The van der Waals surface area contributed by atoms with Crippen LogP contribution in [0.15, 0.2) is 36.4 Å². The number of amides is 1. The van der Waals surface area contributed by atoms with Crippen molar-refractivity contribution >= 4 is 23.2 Å². The highest BCUT2D eigenvalue weighted by Crippen LogP contribution is 2.33. The van der Waals surface area contributed by atoms with Gasteiger partial charge in [0, 0.05) is 29.2 Å². The number of nitrogens with one attached hydrogen (secondary N) is 1. The van der Waals surface area contributed by atoms with Crippen molar-refractivity contribution < 1.29 is 9.53 Å². The summed E-state index contributed by atoms with van der Waals surface area (Å²) in [4.78, 5) is 11.4. The number of halogens is 1. The maximum atomic E-state index is 11.4. The van der Waals surface area contributed by atoms with Gasteiger partial charge < -0.3 is 15.8 Å². The van der Waals surface area contributed by atoms with Crippen LogP contribution in [-0.2, 0) is 17.8 Å². The molecule has 5 heteroatoms. The van der Waals surface area contributed by atoms with Crippen molar-refractivity contribution in [2.45, 2.75) is 19.4 Å². The Hall–Kier alpha value is -2.04. The van der Waals surface area contributed by atoms with Gasteiger partial charge in [0.2, 0.25) is 5.91 Å². The molecule has 108 valence electrons. The number of hydrogen-bond acceptors (Lipinski definition) is 3. The molecule has 21 heavy (non-hydrogen) atoms. The van der Waals surface area contributed by atoms with Crippen LogP contribution >= 0.6 is 11.6 Å². The Morgan fingerprint density at radius 3 is 2.90 bits per heavy atom. The number of benzene rings is 2. The molecule has 3 rings (SSSR count). The Bertz CT molecular complexity index is 701. The van der Waals surface area contributed by atoms with Crippen molar-refractivity contribution in [3.05, 3.63) is 52.5 Å². The van der Waals surface area contributed by atoms with Gasteiger partial charge in [0.1, 0.15) is 11.5 Å². The molecule has 0 saturated carbocycles. The number of carbonyl (C=O) groups is 1. The van der Waals surface area contributed by atoms with E-state index in [9.17, 15) is 4.79 Å². The number of nitrogens with two attached hydrogens (primary N) is 1. The first kappa shape index (κ1) is 13.9. The number of ether oxygens (including phenoxy) is 1. The molecular formula is C16H15ClN2O2. The van der Waals surface area contributed by atoms with E-state index in [0.29, 0.717) is 29.5 Å². The Morgan fingerprint density at radius 2 is 2.10 bits per heavy atom. The first-order chi connectivity index (χ1) is 10.2. The van der Waals surface area contributed by atoms with Gasteiger partial charge in [-0.05, 0) is 42.3 Å². The molecular weight excluding hydrogens is 288 g/mol. The van der Waals surface area contributed by atoms with Crippen LogP contribution in [0.25, 0.3) is 0 Å². The molecule has 3 N–H and O–H groups in total.